The number of hydrogen-bond acceptors (Lipinski definition) is 1. The summed E-state index contributed by atoms with van der Waals surface area (Å²) < 4.78 is 26.7. The Labute approximate surface area is 101 Å². The summed E-state index contributed by atoms with van der Waals surface area (Å²) >= 11 is 0. The molecule has 0 saturated heterocycles. The van der Waals surface area contributed by atoms with E-state index in [0.717, 1.165) is 0 Å². The highest BCUT2D eigenvalue weighted by Gasteiger charge is 2.13. The van der Waals surface area contributed by atoms with Crippen LogP contribution in [0.4, 0.5) is 8.78 Å². The Hall–Kier alpha value is -0.960. The molecule has 1 aromatic carbocycles. The smallest absolute Gasteiger partial charge is 0.129 e. The van der Waals surface area contributed by atoms with Gasteiger partial charge in [-0.1, -0.05) is 25.3 Å². The van der Waals surface area contributed by atoms with Crippen molar-refractivity contribution < 1.29 is 8.78 Å². The van der Waals surface area contributed by atoms with E-state index >= 15 is 0 Å². The van der Waals surface area contributed by atoms with E-state index < -0.39 is 11.6 Å². The van der Waals surface area contributed by atoms with Crippen molar-refractivity contribution in [2.75, 3.05) is 6.54 Å². The Morgan fingerprint density at radius 3 is 2.35 bits per heavy atom. The zero-order chi connectivity index (χ0) is 12.1. The summed E-state index contributed by atoms with van der Waals surface area (Å²) in [7, 11) is 0. The summed E-state index contributed by atoms with van der Waals surface area (Å²) in [5.74, 6) is -0.870. The van der Waals surface area contributed by atoms with Crippen molar-refractivity contribution in [3.63, 3.8) is 0 Å². The van der Waals surface area contributed by atoms with Crippen molar-refractivity contribution in [3.05, 3.63) is 35.4 Å². The van der Waals surface area contributed by atoms with Gasteiger partial charge in [-0.05, 0) is 37.9 Å². The molecule has 0 unspecified atom stereocenters. The number of halogens is 2. The molecule has 1 saturated carbocycles. The van der Waals surface area contributed by atoms with E-state index in [1.54, 1.807) is 0 Å². The minimum atomic E-state index is -0.435. The minimum Gasteiger partial charge on any atom is -0.314 e. The standard InChI is InChI=1S/C14H19F2N/c15-13-7-4-8-14(16)12(13)9-10-17-11-5-2-1-3-6-11/h4,7-8,11,17H,1-3,5-6,9-10H2. The Kier molecular flexibility index (Phi) is 4.49. The molecule has 0 aromatic heterocycles. The monoisotopic (exact) mass is 239 g/mol. The lowest BCUT2D eigenvalue weighted by Crippen LogP contribution is -2.32. The van der Waals surface area contributed by atoms with Gasteiger partial charge in [0.1, 0.15) is 11.6 Å². The number of benzene rings is 1. The molecule has 17 heavy (non-hydrogen) atoms. The summed E-state index contributed by atoms with van der Waals surface area (Å²) in [5, 5.41) is 3.39. The molecule has 94 valence electrons. The van der Waals surface area contributed by atoms with Gasteiger partial charge in [0.25, 0.3) is 0 Å². The normalized spacial score (nSPS) is 17.3. The number of nitrogens with one attached hydrogen (secondary N) is 1. The molecule has 0 spiro atoms. The molecule has 3 heteroatoms. The predicted octanol–water partition coefficient (Wildman–Crippen LogP) is 3.43. The first-order valence-corrected chi connectivity index (χ1v) is 6.43. The average molecular weight is 239 g/mol. The molecule has 1 N–H and O–H groups in total. The largest absolute Gasteiger partial charge is 0.314 e. The first-order chi connectivity index (χ1) is 8.27. The van der Waals surface area contributed by atoms with Gasteiger partial charge in [0.05, 0.1) is 0 Å². The molecular weight excluding hydrogens is 220 g/mol. The highest BCUT2D eigenvalue weighted by molar-refractivity contribution is 5.19. The van der Waals surface area contributed by atoms with E-state index in [-0.39, 0.29) is 5.56 Å². The molecular formula is C14H19F2N. The lowest BCUT2D eigenvalue weighted by molar-refractivity contribution is 0.374. The van der Waals surface area contributed by atoms with Crippen LogP contribution in [0, 0.1) is 11.6 Å². The van der Waals surface area contributed by atoms with Gasteiger partial charge in [-0.15, -0.1) is 0 Å². The quantitative estimate of drug-likeness (QED) is 0.848. The number of hydrogen-bond donors (Lipinski definition) is 1. The second kappa shape index (κ2) is 6.10. The first kappa shape index (κ1) is 12.5. The predicted molar refractivity (Wildman–Crippen MR) is 64.9 cm³/mol. The van der Waals surface area contributed by atoms with Crippen molar-refractivity contribution >= 4 is 0 Å². The van der Waals surface area contributed by atoms with Crippen LogP contribution in [0.3, 0.4) is 0 Å². The van der Waals surface area contributed by atoms with Gasteiger partial charge in [0, 0.05) is 11.6 Å². The molecule has 1 fully saturated rings. The van der Waals surface area contributed by atoms with Crippen molar-refractivity contribution in [2.45, 2.75) is 44.6 Å². The van der Waals surface area contributed by atoms with Gasteiger partial charge in [-0.25, -0.2) is 8.78 Å². The average Bonchev–Trinajstić information content (AvgIpc) is 2.34. The molecule has 0 amide bonds. The lowest BCUT2D eigenvalue weighted by Gasteiger charge is -2.22. The third-order valence-electron chi connectivity index (χ3n) is 3.47. The van der Waals surface area contributed by atoms with E-state index in [9.17, 15) is 8.78 Å². The fourth-order valence-electron chi connectivity index (χ4n) is 2.48. The van der Waals surface area contributed by atoms with Crippen LogP contribution in [0.2, 0.25) is 0 Å². The van der Waals surface area contributed by atoms with E-state index in [4.69, 9.17) is 0 Å². The molecule has 0 heterocycles. The van der Waals surface area contributed by atoms with Gasteiger partial charge in [-0.2, -0.15) is 0 Å². The molecule has 0 atom stereocenters. The van der Waals surface area contributed by atoms with Crippen molar-refractivity contribution in [2.24, 2.45) is 0 Å². The number of rotatable bonds is 4. The molecule has 1 nitrogen and oxygen atoms in total. The molecule has 0 bridgehead atoms. The summed E-state index contributed by atoms with van der Waals surface area (Å²) in [4.78, 5) is 0. The second-order valence-electron chi connectivity index (χ2n) is 4.74. The van der Waals surface area contributed by atoms with Crippen LogP contribution in [-0.2, 0) is 6.42 Å². The summed E-state index contributed by atoms with van der Waals surface area (Å²) in [6.45, 7) is 0.655. The van der Waals surface area contributed by atoms with Crippen molar-refractivity contribution in [1.82, 2.24) is 5.32 Å². The maximum atomic E-state index is 13.3. The lowest BCUT2D eigenvalue weighted by atomic mass is 9.95. The molecule has 0 aliphatic heterocycles. The Morgan fingerprint density at radius 1 is 1.06 bits per heavy atom. The fourth-order valence-corrected chi connectivity index (χ4v) is 2.48. The Morgan fingerprint density at radius 2 is 1.71 bits per heavy atom. The van der Waals surface area contributed by atoms with Crippen LogP contribution in [0.25, 0.3) is 0 Å². The van der Waals surface area contributed by atoms with Crippen LogP contribution >= 0.6 is 0 Å². The van der Waals surface area contributed by atoms with E-state index in [1.165, 1.54) is 50.3 Å². The van der Waals surface area contributed by atoms with Gasteiger partial charge < -0.3 is 5.32 Å². The van der Waals surface area contributed by atoms with E-state index in [0.29, 0.717) is 19.0 Å². The van der Waals surface area contributed by atoms with Gasteiger partial charge in [0.2, 0.25) is 0 Å². The maximum absolute atomic E-state index is 13.3. The summed E-state index contributed by atoms with van der Waals surface area (Å²) in [6, 6.07) is 4.58. The zero-order valence-electron chi connectivity index (χ0n) is 10.0. The maximum Gasteiger partial charge on any atom is 0.129 e. The Bertz CT molecular complexity index is 339. The van der Waals surface area contributed by atoms with Gasteiger partial charge in [0.15, 0.2) is 0 Å². The highest BCUT2D eigenvalue weighted by atomic mass is 19.1. The Balaban J connectivity index is 1.81. The zero-order valence-corrected chi connectivity index (χ0v) is 10.0. The molecule has 1 aromatic rings. The minimum absolute atomic E-state index is 0.204. The summed E-state index contributed by atoms with van der Waals surface area (Å²) in [6.07, 6.45) is 6.67. The highest BCUT2D eigenvalue weighted by Crippen LogP contribution is 2.17. The third-order valence-corrected chi connectivity index (χ3v) is 3.47. The van der Waals surface area contributed by atoms with E-state index in [1.807, 2.05) is 0 Å². The molecule has 1 aliphatic carbocycles. The SMILES string of the molecule is Fc1cccc(F)c1CCNC1CCCCC1. The van der Waals surface area contributed by atoms with Crippen LogP contribution in [0.1, 0.15) is 37.7 Å². The third kappa shape index (κ3) is 3.50. The molecule has 1 aliphatic rings. The van der Waals surface area contributed by atoms with Crippen LogP contribution in [-0.4, -0.2) is 12.6 Å². The van der Waals surface area contributed by atoms with Crippen molar-refractivity contribution in [3.8, 4) is 0 Å². The van der Waals surface area contributed by atoms with Crippen LogP contribution in [0.15, 0.2) is 18.2 Å². The fraction of sp³-hybridized carbons (Fsp3) is 0.571. The van der Waals surface area contributed by atoms with Crippen LogP contribution < -0.4 is 5.32 Å². The van der Waals surface area contributed by atoms with Crippen molar-refractivity contribution in [1.29, 1.82) is 0 Å². The molecule has 0 radical (unpaired) electrons. The topological polar surface area (TPSA) is 12.0 Å². The molecule has 2 rings (SSSR count). The van der Waals surface area contributed by atoms with Gasteiger partial charge >= 0.3 is 0 Å². The van der Waals surface area contributed by atoms with Gasteiger partial charge in [-0.3, -0.25) is 0 Å². The van der Waals surface area contributed by atoms with Crippen LogP contribution in [0.5, 0.6) is 0 Å². The summed E-state index contributed by atoms with van der Waals surface area (Å²) in [5.41, 5.74) is 0.204. The van der Waals surface area contributed by atoms with E-state index in [2.05, 4.69) is 5.32 Å². The first-order valence-electron chi connectivity index (χ1n) is 6.43. The second-order valence-corrected chi connectivity index (χ2v) is 4.74.